The van der Waals surface area contributed by atoms with E-state index in [1.165, 1.54) is 18.2 Å². The SMILES string of the molecule is OB(O)c1ccc(F)c(CN2CCC(O)CC2)c1. The summed E-state index contributed by atoms with van der Waals surface area (Å²) in [5, 5.41) is 27.5. The molecule has 1 saturated heterocycles. The van der Waals surface area contributed by atoms with Crippen molar-refractivity contribution in [2.45, 2.75) is 25.5 Å². The summed E-state index contributed by atoms with van der Waals surface area (Å²) in [6.45, 7) is 1.89. The van der Waals surface area contributed by atoms with Gasteiger partial charge in [-0.3, -0.25) is 4.90 Å². The molecule has 0 aromatic heterocycles. The van der Waals surface area contributed by atoms with Crippen LogP contribution in [0.3, 0.4) is 0 Å². The van der Waals surface area contributed by atoms with E-state index in [0.29, 0.717) is 30.4 Å². The number of piperidine rings is 1. The van der Waals surface area contributed by atoms with Gasteiger partial charge >= 0.3 is 7.12 Å². The predicted octanol–water partition coefficient (Wildman–Crippen LogP) is -0.538. The zero-order chi connectivity index (χ0) is 13.1. The first-order chi connectivity index (χ1) is 8.56. The van der Waals surface area contributed by atoms with E-state index in [1.807, 2.05) is 0 Å². The first kappa shape index (κ1) is 13.5. The molecule has 6 heteroatoms. The first-order valence-electron chi connectivity index (χ1n) is 6.11. The van der Waals surface area contributed by atoms with Crippen LogP contribution >= 0.6 is 0 Å². The molecule has 1 heterocycles. The Morgan fingerprint density at radius 3 is 2.56 bits per heavy atom. The number of halogens is 1. The lowest BCUT2D eigenvalue weighted by molar-refractivity contribution is 0.0788. The molecule has 0 spiro atoms. The Hall–Kier alpha value is -0.945. The van der Waals surface area contributed by atoms with Crippen LogP contribution in [0.5, 0.6) is 0 Å². The van der Waals surface area contributed by atoms with Gasteiger partial charge in [0.15, 0.2) is 0 Å². The Labute approximate surface area is 106 Å². The number of benzene rings is 1. The fourth-order valence-corrected chi connectivity index (χ4v) is 2.19. The summed E-state index contributed by atoms with van der Waals surface area (Å²) in [5.41, 5.74) is 0.750. The zero-order valence-corrected chi connectivity index (χ0v) is 10.1. The fraction of sp³-hybridized carbons (Fsp3) is 0.500. The maximum Gasteiger partial charge on any atom is 0.488 e. The van der Waals surface area contributed by atoms with E-state index in [9.17, 15) is 9.50 Å². The van der Waals surface area contributed by atoms with Gasteiger partial charge in [-0.2, -0.15) is 0 Å². The molecule has 1 aromatic rings. The molecule has 0 amide bonds. The highest BCUT2D eigenvalue weighted by atomic mass is 19.1. The maximum atomic E-state index is 13.6. The molecule has 1 aromatic carbocycles. The van der Waals surface area contributed by atoms with Gasteiger partial charge in [0.2, 0.25) is 0 Å². The number of hydrogen-bond donors (Lipinski definition) is 3. The van der Waals surface area contributed by atoms with Crippen LogP contribution in [-0.4, -0.2) is 46.4 Å². The molecule has 4 nitrogen and oxygen atoms in total. The Balaban J connectivity index is 2.06. The third kappa shape index (κ3) is 3.29. The largest absolute Gasteiger partial charge is 0.488 e. The van der Waals surface area contributed by atoms with Crippen LogP contribution in [-0.2, 0) is 6.54 Å². The molecule has 1 aliphatic rings. The average molecular weight is 253 g/mol. The second-order valence-corrected chi connectivity index (χ2v) is 4.73. The first-order valence-corrected chi connectivity index (χ1v) is 6.11. The van der Waals surface area contributed by atoms with Crippen molar-refractivity contribution in [1.82, 2.24) is 4.90 Å². The van der Waals surface area contributed by atoms with Crippen LogP contribution in [0.25, 0.3) is 0 Å². The minimum absolute atomic E-state index is 0.253. The van der Waals surface area contributed by atoms with E-state index < -0.39 is 7.12 Å². The van der Waals surface area contributed by atoms with E-state index in [2.05, 4.69) is 4.90 Å². The number of rotatable bonds is 3. The van der Waals surface area contributed by atoms with Crippen LogP contribution < -0.4 is 5.46 Å². The molecule has 1 fully saturated rings. The summed E-state index contributed by atoms with van der Waals surface area (Å²) in [5.74, 6) is -0.342. The van der Waals surface area contributed by atoms with Crippen molar-refractivity contribution in [3.8, 4) is 0 Å². The standard InChI is InChI=1S/C12H17BFNO3/c14-12-2-1-10(13(17)18)7-9(12)8-15-5-3-11(16)4-6-15/h1-2,7,11,16-18H,3-6,8H2. The topological polar surface area (TPSA) is 63.9 Å². The number of hydrogen-bond acceptors (Lipinski definition) is 4. The highest BCUT2D eigenvalue weighted by Crippen LogP contribution is 2.15. The Kier molecular flexibility index (Phi) is 4.34. The van der Waals surface area contributed by atoms with Crippen molar-refractivity contribution in [3.05, 3.63) is 29.6 Å². The normalized spacial score (nSPS) is 18.0. The van der Waals surface area contributed by atoms with Gasteiger partial charge in [-0.15, -0.1) is 0 Å². The minimum Gasteiger partial charge on any atom is -0.423 e. The van der Waals surface area contributed by atoms with Crippen LogP contribution in [0.4, 0.5) is 4.39 Å². The monoisotopic (exact) mass is 253 g/mol. The molecule has 0 atom stereocenters. The van der Waals surface area contributed by atoms with Gasteiger partial charge in [-0.05, 0) is 24.4 Å². The molecular weight excluding hydrogens is 236 g/mol. The molecule has 0 radical (unpaired) electrons. The second-order valence-electron chi connectivity index (χ2n) is 4.73. The summed E-state index contributed by atoms with van der Waals surface area (Å²) in [4.78, 5) is 2.05. The molecule has 18 heavy (non-hydrogen) atoms. The van der Waals surface area contributed by atoms with Crippen molar-refractivity contribution in [3.63, 3.8) is 0 Å². The van der Waals surface area contributed by atoms with E-state index in [1.54, 1.807) is 0 Å². The van der Waals surface area contributed by atoms with E-state index in [4.69, 9.17) is 10.0 Å². The highest BCUT2D eigenvalue weighted by Gasteiger charge is 2.19. The van der Waals surface area contributed by atoms with Crippen molar-refractivity contribution in [2.24, 2.45) is 0 Å². The predicted molar refractivity (Wildman–Crippen MR) is 66.7 cm³/mol. The molecule has 0 saturated carbocycles. The van der Waals surface area contributed by atoms with Gasteiger partial charge in [0.05, 0.1) is 6.10 Å². The van der Waals surface area contributed by atoms with Crippen LogP contribution in [0.1, 0.15) is 18.4 Å². The van der Waals surface area contributed by atoms with Gasteiger partial charge < -0.3 is 15.2 Å². The average Bonchev–Trinajstić information content (AvgIpc) is 2.34. The molecule has 2 rings (SSSR count). The molecule has 3 N–H and O–H groups in total. The summed E-state index contributed by atoms with van der Waals surface area (Å²) in [7, 11) is -1.58. The third-order valence-corrected chi connectivity index (χ3v) is 3.32. The third-order valence-electron chi connectivity index (χ3n) is 3.32. The molecule has 0 bridgehead atoms. The number of nitrogens with zero attached hydrogens (tertiary/aromatic N) is 1. The lowest BCUT2D eigenvalue weighted by Gasteiger charge is -2.29. The minimum atomic E-state index is -1.58. The van der Waals surface area contributed by atoms with Gasteiger partial charge in [0.25, 0.3) is 0 Å². The van der Waals surface area contributed by atoms with Crippen molar-refractivity contribution in [1.29, 1.82) is 0 Å². The van der Waals surface area contributed by atoms with Gasteiger partial charge in [0.1, 0.15) is 5.82 Å². The van der Waals surface area contributed by atoms with Crippen LogP contribution in [0, 0.1) is 5.82 Å². The van der Waals surface area contributed by atoms with E-state index >= 15 is 0 Å². The zero-order valence-electron chi connectivity index (χ0n) is 10.1. The number of aliphatic hydroxyl groups is 1. The Morgan fingerprint density at radius 1 is 1.28 bits per heavy atom. The second kappa shape index (κ2) is 5.80. The number of aliphatic hydroxyl groups excluding tert-OH is 1. The lowest BCUT2D eigenvalue weighted by atomic mass is 9.79. The lowest BCUT2D eigenvalue weighted by Crippen LogP contribution is -2.36. The van der Waals surface area contributed by atoms with Gasteiger partial charge in [0, 0.05) is 25.2 Å². The molecule has 0 unspecified atom stereocenters. The summed E-state index contributed by atoms with van der Waals surface area (Å²) in [6.07, 6.45) is 1.14. The molecule has 98 valence electrons. The highest BCUT2D eigenvalue weighted by molar-refractivity contribution is 6.58. The van der Waals surface area contributed by atoms with Gasteiger partial charge in [-0.1, -0.05) is 12.1 Å². The van der Waals surface area contributed by atoms with Crippen molar-refractivity contribution >= 4 is 12.6 Å². The van der Waals surface area contributed by atoms with E-state index in [-0.39, 0.29) is 11.9 Å². The molecule has 1 aliphatic heterocycles. The summed E-state index contributed by atoms with van der Waals surface area (Å²) in [6, 6.07) is 4.09. The molecule has 0 aliphatic carbocycles. The van der Waals surface area contributed by atoms with Crippen molar-refractivity contribution < 1.29 is 19.5 Å². The fourth-order valence-electron chi connectivity index (χ4n) is 2.19. The van der Waals surface area contributed by atoms with Crippen molar-refractivity contribution in [2.75, 3.05) is 13.1 Å². The quantitative estimate of drug-likeness (QED) is 0.633. The van der Waals surface area contributed by atoms with Crippen LogP contribution in [0.2, 0.25) is 0 Å². The smallest absolute Gasteiger partial charge is 0.423 e. The Morgan fingerprint density at radius 2 is 1.94 bits per heavy atom. The Bertz CT molecular complexity index is 408. The maximum absolute atomic E-state index is 13.6. The summed E-state index contributed by atoms with van der Waals surface area (Å²) >= 11 is 0. The summed E-state index contributed by atoms with van der Waals surface area (Å²) < 4.78 is 13.6. The number of likely N-dealkylation sites (tertiary alicyclic amines) is 1. The molecular formula is C12H17BFNO3. The van der Waals surface area contributed by atoms with Crippen LogP contribution in [0.15, 0.2) is 18.2 Å². The van der Waals surface area contributed by atoms with E-state index in [0.717, 1.165) is 13.1 Å². The van der Waals surface area contributed by atoms with Gasteiger partial charge in [-0.25, -0.2) is 4.39 Å².